The van der Waals surface area contributed by atoms with E-state index in [1.165, 1.54) is 12.8 Å². The number of ether oxygens (including phenoxy) is 1. The van der Waals surface area contributed by atoms with Crippen LogP contribution < -0.4 is 0 Å². The Morgan fingerprint density at radius 2 is 1.79 bits per heavy atom. The summed E-state index contributed by atoms with van der Waals surface area (Å²) < 4.78 is 5.74. The molecule has 1 unspecified atom stereocenters. The first kappa shape index (κ1) is 20.4. The fourth-order valence-corrected chi connectivity index (χ4v) is 2.59. The Labute approximate surface area is 147 Å². The van der Waals surface area contributed by atoms with Crippen molar-refractivity contribution in [2.24, 2.45) is 0 Å². The van der Waals surface area contributed by atoms with Gasteiger partial charge in [-0.3, -0.25) is 0 Å². The molecule has 3 heteroatoms. The first-order valence-electron chi connectivity index (χ1n) is 9.34. The summed E-state index contributed by atoms with van der Waals surface area (Å²) in [5.41, 5.74) is 0.630. The summed E-state index contributed by atoms with van der Waals surface area (Å²) >= 11 is 0. The minimum atomic E-state index is -0.214. The van der Waals surface area contributed by atoms with Crippen LogP contribution in [0.5, 0.6) is 0 Å². The fourth-order valence-electron chi connectivity index (χ4n) is 2.59. The minimum Gasteiger partial charge on any atom is -0.458 e. The lowest BCUT2D eigenvalue weighted by Gasteiger charge is -2.17. The molecule has 0 saturated heterocycles. The SMILES string of the molecule is CCCCCC(C/C=C/CN(CC)CC)OC(=O)c1ccccc1. The summed E-state index contributed by atoms with van der Waals surface area (Å²) in [6, 6.07) is 9.26. The lowest BCUT2D eigenvalue weighted by Crippen LogP contribution is -2.22. The van der Waals surface area contributed by atoms with Gasteiger partial charge in [0, 0.05) is 13.0 Å². The molecule has 0 aliphatic heterocycles. The molecule has 0 fully saturated rings. The average Bonchev–Trinajstić information content (AvgIpc) is 2.62. The van der Waals surface area contributed by atoms with Gasteiger partial charge in [-0.2, -0.15) is 0 Å². The van der Waals surface area contributed by atoms with Gasteiger partial charge >= 0.3 is 5.97 Å². The molecular weight excluding hydrogens is 298 g/mol. The van der Waals surface area contributed by atoms with Crippen LogP contribution >= 0.6 is 0 Å². The third kappa shape index (κ3) is 8.30. The molecule has 0 N–H and O–H groups in total. The van der Waals surface area contributed by atoms with Crippen LogP contribution in [0.2, 0.25) is 0 Å². The highest BCUT2D eigenvalue weighted by Gasteiger charge is 2.14. The van der Waals surface area contributed by atoms with Crippen LogP contribution in [0.15, 0.2) is 42.5 Å². The lowest BCUT2D eigenvalue weighted by atomic mass is 10.1. The van der Waals surface area contributed by atoms with Gasteiger partial charge in [0.25, 0.3) is 0 Å². The molecule has 0 radical (unpaired) electrons. The Morgan fingerprint density at radius 3 is 2.42 bits per heavy atom. The van der Waals surface area contributed by atoms with E-state index in [0.29, 0.717) is 5.56 Å². The minimum absolute atomic E-state index is 0.0304. The quantitative estimate of drug-likeness (QED) is 0.304. The zero-order valence-corrected chi connectivity index (χ0v) is 15.5. The molecule has 0 aliphatic rings. The Bertz CT molecular complexity index is 466. The molecule has 0 bridgehead atoms. The largest absolute Gasteiger partial charge is 0.458 e. The van der Waals surface area contributed by atoms with Crippen LogP contribution in [-0.2, 0) is 4.74 Å². The van der Waals surface area contributed by atoms with Crippen molar-refractivity contribution in [3.05, 3.63) is 48.0 Å². The normalized spacial score (nSPS) is 12.7. The molecule has 0 aromatic heterocycles. The van der Waals surface area contributed by atoms with Crippen molar-refractivity contribution in [1.82, 2.24) is 4.90 Å². The van der Waals surface area contributed by atoms with Gasteiger partial charge in [-0.05, 0) is 38.1 Å². The Kier molecular flexibility index (Phi) is 10.9. The van der Waals surface area contributed by atoms with Crippen molar-refractivity contribution < 1.29 is 9.53 Å². The highest BCUT2D eigenvalue weighted by Crippen LogP contribution is 2.14. The molecule has 1 rings (SSSR count). The summed E-state index contributed by atoms with van der Waals surface area (Å²) in [6.45, 7) is 9.61. The number of carbonyl (C=O) groups excluding carboxylic acids is 1. The molecule has 0 saturated carbocycles. The van der Waals surface area contributed by atoms with E-state index in [1.54, 1.807) is 0 Å². The second kappa shape index (κ2) is 12.8. The molecule has 0 spiro atoms. The number of benzene rings is 1. The van der Waals surface area contributed by atoms with Gasteiger partial charge in [-0.25, -0.2) is 4.79 Å². The molecular formula is C21H33NO2. The fraction of sp³-hybridized carbons (Fsp3) is 0.571. The van der Waals surface area contributed by atoms with Crippen molar-refractivity contribution >= 4 is 5.97 Å². The average molecular weight is 331 g/mol. The van der Waals surface area contributed by atoms with Crippen molar-refractivity contribution in [3.8, 4) is 0 Å². The number of nitrogens with zero attached hydrogens (tertiary/aromatic N) is 1. The second-order valence-electron chi connectivity index (χ2n) is 6.08. The Morgan fingerprint density at radius 1 is 1.08 bits per heavy atom. The monoisotopic (exact) mass is 331 g/mol. The summed E-state index contributed by atoms with van der Waals surface area (Å²) in [5.74, 6) is -0.214. The summed E-state index contributed by atoms with van der Waals surface area (Å²) in [5, 5.41) is 0. The standard InChI is InChI=1S/C21H33NO2/c1-4-7-9-16-20(17-12-13-18-22(5-2)6-3)24-21(23)19-14-10-8-11-15-19/h8,10-15,20H,4-7,9,16-18H2,1-3H3/b13-12+. The summed E-state index contributed by atoms with van der Waals surface area (Å²) in [6.07, 6.45) is 9.51. The molecule has 0 heterocycles. The predicted molar refractivity (Wildman–Crippen MR) is 101 cm³/mol. The van der Waals surface area contributed by atoms with Gasteiger partial charge in [0.15, 0.2) is 0 Å². The molecule has 1 atom stereocenters. The van der Waals surface area contributed by atoms with Crippen molar-refractivity contribution in [2.45, 2.75) is 59.0 Å². The van der Waals surface area contributed by atoms with Gasteiger partial charge in [0.1, 0.15) is 6.10 Å². The Hall–Kier alpha value is -1.61. The van der Waals surface area contributed by atoms with Gasteiger partial charge in [0.05, 0.1) is 5.56 Å². The van der Waals surface area contributed by atoms with Crippen molar-refractivity contribution in [3.63, 3.8) is 0 Å². The lowest BCUT2D eigenvalue weighted by molar-refractivity contribution is 0.0283. The van der Waals surface area contributed by atoms with Crippen LogP contribution in [0.4, 0.5) is 0 Å². The van der Waals surface area contributed by atoms with Gasteiger partial charge in [0.2, 0.25) is 0 Å². The molecule has 3 nitrogen and oxygen atoms in total. The number of esters is 1. The molecule has 24 heavy (non-hydrogen) atoms. The number of unbranched alkanes of at least 4 members (excludes halogenated alkanes) is 2. The second-order valence-corrected chi connectivity index (χ2v) is 6.08. The third-order valence-electron chi connectivity index (χ3n) is 4.24. The van der Waals surface area contributed by atoms with E-state index in [2.05, 4.69) is 37.8 Å². The number of rotatable bonds is 12. The van der Waals surface area contributed by atoms with Crippen molar-refractivity contribution in [1.29, 1.82) is 0 Å². The highest BCUT2D eigenvalue weighted by atomic mass is 16.5. The van der Waals surface area contributed by atoms with E-state index in [1.807, 2.05) is 30.3 Å². The topological polar surface area (TPSA) is 29.5 Å². The number of hydrogen-bond donors (Lipinski definition) is 0. The van der Waals surface area contributed by atoms with Crippen LogP contribution in [0, 0.1) is 0 Å². The van der Waals surface area contributed by atoms with E-state index in [9.17, 15) is 4.79 Å². The Balaban J connectivity index is 2.53. The predicted octanol–water partition coefficient (Wildman–Crippen LogP) is 5.08. The maximum Gasteiger partial charge on any atom is 0.338 e. The van der Waals surface area contributed by atoms with Crippen LogP contribution in [0.3, 0.4) is 0 Å². The molecule has 1 aromatic rings. The molecule has 0 aliphatic carbocycles. The molecule has 134 valence electrons. The first-order valence-corrected chi connectivity index (χ1v) is 9.34. The van der Waals surface area contributed by atoms with E-state index in [-0.39, 0.29) is 12.1 Å². The van der Waals surface area contributed by atoms with Gasteiger partial charge in [-0.15, -0.1) is 0 Å². The van der Waals surface area contributed by atoms with Crippen molar-refractivity contribution in [2.75, 3.05) is 19.6 Å². The van der Waals surface area contributed by atoms with E-state index in [0.717, 1.165) is 38.9 Å². The number of carbonyl (C=O) groups is 1. The maximum atomic E-state index is 12.3. The summed E-state index contributed by atoms with van der Waals surface area (Å²) in [4.78, 5) is 14.6. The maximum absolute atomic E-state index is 12.3. The van der Waals surface area contributed by atoms with Crippen LogP contribution in [0.1, 0.15) is 63.2 Å². The third-order valence-corrected chi connectivity index (χ3v) is 4.24. The number of hydrogen-bond acceptors (Lipinski definition) is 3. The van der Waals surface area contributed by atoms with Crippen LogP contribution in [-0.4, -0.2) is 36.6 Å². The van der Waals surface area contributed by atoms with E-state index < -0.39 is 0 Å². The van der Waals surface area contributed by atoms with E-state index >= 15 is 0 Å². The summed E-state index contributed by atoms with van der Waals surface area (Å²) in [7, 11) is 0. The zero-order chi connectivity index (χ0) is 17.6. The highest BCUT2D eigenvalue weighted by molar-refractivity contribution is 5.89. The van der Waals surface area contributed by atoms with Gasteiger partial charge < -0.3 is 9.64 Å². The first-order chi connectivity index (χ1) is 11.7. The van der Waals surface area contributed by atoms with Gasteiger partial charge in [-0.1, -0.05) is 64.0 Å². The van der Waals surface area contributed by atoms with E-state index in [4.69, 9.17) is 4.74 Å². The number of likely N-dealkylation sites (N-methyl/N-ethyl adjacent to an activating group) is 1. The smallest absolute Gasteiger partial charge is 0.338 e. The molecule has 1 aromatic carbocycles. The zero-order valence-electron chi connectivity index (χ0n) is 15.5. The molecule has 0 amide bonds. The van der Waals surface area contributed by atoms with Crippen LogP contribution in [0.25, 0.3) is 0 Å².